The molecule has 0 amide bonds. The first-order valence-corrected chi connectivity index (χ1v) is 5.87. The standard InChI is InChI=1S/C11H16OS/c1-8-5-6-13-11(8)9-3-2-4-10(12)7-9/h5-6,9-10,12H,2-4,7H2,1H3. The topological polar surface area (TPSA) is 20.2 Å². The first kappa shape index (κ1) is 9.22. The molecular formula is C11H16OS. The van der Waals surface area contributed by atoms with E-state index >= 15 is 0 Å². The van der Waals surface area contributed by atoms with Crippen LogP contribution in [0.5, 0.6) is 0 Å². The molecule has 2 unspecified atom stereocenters. The smallest absolute Gasteiger partial charge is 0.0546 e. The van der Waals surface area contributed by atoms with Crippen molar-refractivity contribution in [2.75, 3.05) is 0 Å². The highest BCUT2D eigenvalue weighted by Crippen LogP contribution is 2.37. The van der Waals surface area contributed by atoms with E-state index in [1.54, 1.807) is 0 Å². The largest absolute Gasteiger partial charge is 0.393 e. The first-order chi connectivity index (χ1) is 6.27. The minimum absolute atomic E-state index is 0.0553. The Balaban J connectivity index is 2.12. The summed E-state index contributed by atoms with van der Waals surface area (Å²) in [7, 11) is 0. The molecule has 2 rings (SSSR count). The Morgan fingerprint density at radius 1 is 1.46 bits per heavy atom. The molecule has 13 heavy (non-hydrogen) atoms. The number of aliphatic hydroxyl groups excluding tert-OH is 1. The van der Waals surface area contributed by atoms with Crippen LogP contribution >= 0.6 is 11.3 Å². The second-order valence-corrected chi connectivity index (χ2v) is 4.93. The third kappa shape index (κ3) is 1.94. The highest BCUT2D eigenvalue weighted by Gasteiger charge is 2.23. The number of hydrogen-bond donors (Lipinski definition) is 1. The lowest BCUT2D eigenvalue weighted by atomic mass is 9.85. The van der Waals surface area contributed by atoms with Crippen molar-refractivity contribution in [3.8, 4) is 0 Å². The van der Waals surface area contributed by atoms with Gasteiger partial charge in [-0.25, -0.2) is 0 Å². The van der Waals surface area contributed by atoms with Crippen molar-refractivity contribution < 1.29 is 5.11 Å². The van der Waals surface area contributed by atoms with Gasteiger partial charge in [0.05, 0.1) is 6.10 Å². The Morgan fingerprint density at radius 3 is 2.92 bits per heavy atom. The summed E-state index contributed by atoms with van der Waals surface area (Å²) in [6.45, 7) is 2.17. The molecule has 0 saturated heterocycles. The van der Waals surface area contributed by atoms with Gasteiger partial charge in [0.1, 0.15) is 0 Å². The van der Waals surface area contributed by atoms with Gasteiger partial charge >= 0.3 is 0 Å². The molecule has 0 radical (unpaired) electrons. The van der Waals surface area contributed by atoms with E-state index in [-0.39, 0.29) is 6.10 Å². The number of hydrogen-bond acceptors (Lipinski definition) is 2. The van der Waals surface area contributed by atoms with Crippen molar-refractivity contribution in [2.24, 2.45) is 0 Å². The Hall–Kier alpha value is -0.340. The molecule has 1 saturated carbocycles. The van der Waals surface area contributed by atoms with E-state index in [1.165, 1.54) is 23.3 Å². The van der Waals surface area contributed by atoms with E-state index in [2.05, 4.69) is 18.4 Å². The van der Waals surface area contributed by atoms with Crippen LogP contribution in [0.2, 0.25) is 0 Å². The van der Waals surface area contributed by atoms with Gasteiger partial charge in [-0.3, -0.25) is 0 Å². The summed E-state index contributed by atoms with van der Waals surface area (Å²) < 4.78 is 0. The minimum Gasteiger partial charge on any atom is -0.393 e. The second-order valence-electron chi connectivity index (χ2n) is 3.99. The van der Waals surface area contributed by atoms with Crippen molar-refractivity contribution in [2.45, 2.75) is 44.6 Å². The lowest BCUT2D eigenvalue weighted by Gasteiger charge is -2.25. The fraction of sp³-hybridized carbons (Fsp3) is 0.636. The lowest BCUT2D eigenvalue weighted by molar-refractivity contribution is 0.120. The fourth-order valence-corrected chi connectivity index (χ4v) is 3.28. The molecule has 2 heteroatoms. The zero-order chi connectivity index (χ0) is 9.26. The normalized spacial score (nSPS) is 29.1. The van der Waals surface area contributed by atoms with Crippen molar-refractivity contribution >= 4 is 11.3 Å². The summed E-state index contributed by atoms with van der Waals surface area (Å²) in [4.78, 5) is 1.50. The highest BCUT2D eigenvalue weighted by molar-refractivity contribution is 7.10. The van der Waals surface area contributed by atoms with E-state index in [0.29, 0.717) is 5.92 Å². The number of thiophene rings is 1. The molecule has 72 valence electrons. The molecule has 1 fully saturated rings. The van der Waals surface area contributed by atoms with E-state index in [9.17, 15) is 5.11 Å². The molecule has 1 aromatic heterocycles. The molecule has 1 aromatic rings. The van der Waals surface area contributed by atoms with Crippen LogP contribution in [-0.4, -0.2) is 11.2 Å². The third-order valence-corrected chi connectivity index (χ3v) is 4.10. The average Bonchev–Trinajstić information content (AvgIpc) is 2.51. The maximum atomic E-state index is 9.57. The molecule has 1 nitrogen and oxygen atoms in total. The summed E-state index contributed by atoms with van der Waals surface area (Å²) in [5, 5.41) is 11.7. The molecule has 0 spiro atoms. The van der Waals surface area contributed by atoms with E-state index in [0.717, 1.165) is 12.8 Å². The predicted octanol–water partition coefficient (Wildman–Crippen LogP) is 3.08. The van der Waals surface area contributed by atoms with Crippen LogP contribution in [0.3, 0.4) is 0 Å². The van der Waals surface area contributed by atoms with E-state index in [1.807, 2.05) is 11.3 Å². The Labute approximate surface area is 83.4 Å². The molecular weight excluding hydrogens is 180 g/mol. The Kier molecular flexibility index (Phi) is 2.70. The third-order valence-electron chi connectivity index (χ3n) is 2.92. The number of aliphatic hydroxyl groups is 1. The van der Waals surface area contributed by atoms with Crippen molar-refractivity contribution in [3.05, 3.63) is 21.9 Å². The van der Waals surface area contributed by atoms with Crippen molar-refractivity contribution in [1.82, 2.24) is 0 Å². The Morgan fingerprint density at radius 2 is 2.31 bits per heavy atom. The van der Waals surface area contributed by atoms with Gasteiger partial charge in [0.25, 0.3) is 0 Å². The summed E-state index contributed by atoms with van der Waals surface area (Å²) in [6.07, 6.45) is 4.37. The fourth-order valence-electron chi connectivity index (χ4n) is 2.20. The van der Waals surface area contributed by atoms with Crippen LogP contribution in [-0.2, 0) is 0 Å². The molecule has 0 aromatic carbocycles. The zero-order valence-corrected chi connectivity index (χ0v) is 8.81. The minimum atomic E-state index is -0.0553. The van der Waals surface area contributed by atoms with Crippen LogP contribution in [0.1, 0.15) is 42.0 Å². The van der Waals surface area contributed by atoms with Gasteiger partial charge in [-0.05, 0) is 49.1 Å². The summed E-state index contributed by atoms with van der Waals surface area (Å²) in [5.41, 5.74) is 1.41. The van der Waals surface area contributed by atoms with Crippen molar-refractivity contribution in [1.29, 1.82) is 0 Å². The van der Waals surface area contributed by atoms with Crippen molar-refractivity contribution in [3.63, 3.8) is 0 Å². The van der Waals surface area contributed by atoms with E-state index in [4.69, 9.17) is 0 Å². The first-order valence-electron chi connectivity index (χ1n) is 4.99. The summed E-state index contributed by atoms with van der Waals surface area (Å²) in [6, 6.07) is 2.18. The SMILES string of the molecule is Cc1ccsc1C1CCCC(O)C1. The maximum absolute atomic E-state index is 9.57. The molecule has 1 heterocycles. The van der Waals surface area contributed by atoms with Gasteiger partial charge in [0.2, 0.25) is 0 Å². The summed E-state index contributed by atoms with van der Waals surface area (Å²) >= 11 is 1.85. The van der Waals surface area contributed by atoms with Crippen LogP contribution in [0, 0.1) is 6.92 Å². The summed E-state index contributed by atoms with van der Waals surface area (Å²) in [5.74, 6) is 0.628. The molecule has 1 N–H and O–H groups in total. The van der Waals surface area contributed by atoms with Crippen LogP contribution < -0.4 is 0 Å². The molecule has 0 bridgehead atoms. The van der Waals surface area contributed by atoms with E-state index < -0.39 is 0 Å². The van der Waals surface area contributed by atoms with Gasteiger partial charge in [-0.15, -0.1) is 11.3 Å². The predicted molar refractivity (Wildman–Crippen MR) is 56.3 cm³/mol. The highest BCUT2D eigenvalue weighted by atomic mass is 32.1. The molecule has 0 aliphatic heterocycles. The molecule has 1 aliphatic rings. The molecule has 2 atom stereocenters. The van der Waals surface area contributed by atoms with Crippen LogP contribution in [0.4, 0.5) is 0 Å². The van der Waals surface area contributed by atoms with Gasteiger partial charge < -0.3 is 5.11 Å². The lowest BCUT2D eigenvalue weighted by Crippen LogP contribution is -2.17. The van der Waals surface area contributed by atoms with Gasteiger partial charge in [-0.2, -0.15) is 0 Å². The number of aryl methyl sites for hydroxylation is 1. The van der Waals surface area contributed by atoms with Gasteiger partial charge in [0.15, 0.2) is 0 Å². The zero-order valence-electron chi connectivity index (χ0n) is 7.99. The van der Waals surface area contributed by atoms with Gasteiger partial charge in [0, 0.05) is 4.88 Å². The monoisotopic (exact) mass is 196 g/mol. The number of rotatable bonds is 1. The van der Waals surface area contributed by atoms with Crippen LogP contribution in [0.15, 0.2) is 11.4 Å². The molecule has 1 aliphatic carbocycles. The van der Waals surface area contributed by atoms with Crippen LogP contribution in [0.25, 0.3) is 0 Å². The maximum Gasteiger partial charge on any atom is 0.0546 e. The quantitative estimate of drug-likeness (QED) is 0.732. The Bertz CT molecular complexity index is 279. The average molecular weight is 196 g/mol. The second kappa shape index (κ2) is 3.81. The van der Waals surface area contributed by atoms with Gasteiger partial charge in [-0.1, -0.05) is 6.42 Å².